The minimum atomic E-state index is -0.776. The molecule has 2 atom stereocenters. The molecule has 4 nitrogen and oxygen atoms in total. The van der Waals surface area contributed by atoms with Crippen LogP contribution in [0.4, 0.5) is 0 Å². The first-order chi connectivity index (χ1) is 13.1. The molecule has 0 aromatic rings. The smallest absolute Gasteiger partial charge is 0.302 e. The fourth-order valence-corrected chi connectivity index (χ4v) is 2.90. The van der Waals surface area contributed by atoms with Crippen LogP contribution >= 0.6 is 0 Å². The van der Waals surface area contributed by atoms with Gasteiger partial charge in [-0.15, -0.1) is 0 Å². The molecule has 0 amide bonds. The van der Waals surface area contributed by atoms with Crippen LogP contribution in [0.2, 0.25) is 0 Å². The summed E-state index contributed by atoms with van der Waals surface area (Å²) in [5.74, 6) is -0.405. The van der Waals surface area contributed by atoms with E-state index in [2.05, 4.69) is 31.2 Å². The molecule has 2 N–H and O–H groups in total. The number of esters is 1. The molecule has 0 aliphatic heterocycles. The van der Waals surface area contributed by atoms with E-state index < -0.39 is 18.2 Å². The minimum absolute atomic E-state index is 0.0332. The summed E-state index contributed by atoms with van der Waals surface area (Å²) in [6, 6.07) is 0. The zero-order chi connectivity index (χ0) is 20.2. The van der Waals surface area contributed by atoms with Gasteiger partial charge < -0.3 is 14.9 Å². The summed E-state index contributed by atoms with van der Waals surface area (Å²) in [6.07, 6.45) is 21.8. The summed E-state index contributed by atoms with van der Waals surface area (Å²) in [4.78, 5) is 10.7. The van der Waals surface area contributed by atoms with E-state index in [0.717, 1.165) is 25.7 Å². The number of unbranched alkanes of at least 4 members (excludes halogenated alkanes) is 8. The molecule has 0 saturated heterocycles. The molecule has 27 heavy (non-hydrogen) atoms. The number of rotatable bonds is 18. The van der Waals surface area contributed by atoms with Crippen molar-refractivity contribution in [2.24, 2.45) is 0 Å². The third kappa shape index (κ3) is 21.0. The van der Waals surface area contributed by atoms with Crippen molar-refractivity contribution < 1.29 is 19.7 Å². The Balaban J connectivity index is 3.39. The second kappa shape index (κ2) is 19.6. The first kappa shape index (κ1) is 25.9. The van der Waals surface area contributed by atoms with Gasteiger partial charge in [-0.25, -0.2) is 0 Å². The van der Waals surface area contributed by atoms with Gasteiger partial charge in [0.2, 0.25) is 0 Å². The molecule has 2 unspecified atom stereocenters. The van der Waals surface area contributed by atoms with Gasteiger partial charge in [-0.05, 0) is 38.5 Å². The lowest BCUT2D eigenvalue weighted by Crippen LogP contribution is -2.23. The molecular formula is C23H42O4. The molecule has 0 aromatic heterocycles. The maximum atomic E-state index is 10.7. The van der Waals surface area contributed by atoms with Gasteiger partial charge in [0.25, 0.3) is 0 Å². The number of carbonyl (C=O) groups excluding carboxylic acids is 1. The van der Waals surface area contributed by atoms with Crippen LogP contribution in [0, 0.1) is 0 Å². The average molecular weight is 383 g/mol. The van der Waals surface area contributed by atoms with Crippen molar-refractivity contribution in [2.75, 3.05) is 6.61 Å². The highest BCUT2D eigenvalue weighted by Crippen LogP contribution is 2.12. The van der Waals surface area contributed by atoms with E-state index in [1.54, 1.807) is 0 Å². The van der Waals surface area contributed by atoms with Gasteiger partial charge in [0.15, 0.2) is 0 Å². The Labute approximate surface area is 166 Å². The summed E-state index contributed by atoms with van der Waals surface area (Å²) in [5, 5.41) is 19.5. The molecule has 0 aromatic carbocycles. The van der Waals surface area contributed by atoms with Gasteiger partial charge in [0, 0.05) is 13.3 Å². The van der Waals surface area contributed by atoms with Gasteiger partial charge in [-0.2, -0.15) is 0 Å². The van der Waals surface area contributed by atoms with Crippen molar-refractivity contribution in [2.45, 2.75) is 110 Å². The predicted molar refractivity (Wildman–Crippen MR) is 113 cm³/mol. The Morgan fingerprint density at radius 1 is 0.852 bits per heavy atom. The first-order valence-electron chi connectivity index (χ1n) is 10.9. The Morgan fingerprint density at radius 2 is 1.44 bits per heavy atom. The van der Waals surface area contributed by atoms with Crippen LogP contribution in [0.15, 0.2) is 24.3 Å². The van der Waals surface area contributed by atoms with Crippen molar-refractivity contribution in [1.29, 1.82) is 0 Å². The quantitative estimate of drug-likeness (QED) is 0.187. The van der Waals surface area contributed by atoms with E-state index in [4.69, 9.17) is 4.74 Å². The predicted octanol–water partition coefficient (Wildman–Crippen LogP) is 5.47. The molecule has 0 radical (unpaired) electrons. The summed E-state index contributed by atoms with van der Waals surface area (Å²) >= 11 is 0. The van der Waals surface area contributed by atoms with Gasteiger partial charge in [-0.1, -0.05) is 69.8 Å². The van der Waals surface area contributed by atoms with E-state index in [-0.39, 0.29) is 13.0 Å². The van der Waals surface area contributed by atoms with E-state index in [0.29, 0.717) is 6.42 Å². The Morgan fingerprint density at radius 3 is 2.07 bits per heavy atom. The molecular weight excluding hydrogens is 340 g/mol. The lowest BCUT2D eigenvalue weighted by atomic mass is 10.0. The molecule has 0 fully saturated rings. The maximum Gasteiger partial charge on any atom is 0.302 e. The van der Waals surface area contributed by atoms with Crippen LogP contribution in [-0.2, 0) is 9.53 Å². The van der Waals surface area contributed by atoms with Gasteiger partial charge in [-0.3, -0.25) is 4.79 Å². The molecule has 0 rings (SSSR count). The van der Waals surface area contributed by atoms with Crippen molar-refractivity contribution in [3.8, 4) is 0 Å². The van der Waals surface area contributed by atoms with Crippen LogP contribution < -0.4 is 0 Å². The maximum absolute atomic E-state index is 10.7. The molecule has 0 aliphatic rings. The number of allylic oxidation sites excluding steroid dienone is 4. The van der Waals surface area contributed by atoms with Gasteiger partial charge in [0.05, 0.1) is 12.2 Å². The lowest BCUT2D eigenvalue weighted by Gasteiger charge is -2.15. The summed E-state index contributed by atoms with van der Waals surface area (Å²) in [5.41, 5.74) is 0. The monoisotopic (exact) mass is 382 g/mol. The highest BCUT2D eigenvalue weighted by atomic mass is 16.5. The molecule has 0 bridgehead atoms. The molecule has 0 spiro atoms. The van der Waals surface area contributed by atoms with Crippen molar-refractivity contribution in [3.63, 3.8) is 0 Å². The number of carbonyl (C=O) groups is 1. The Kier molecular flexibility index (Phi) is 18.8. The van der Waals surface area contributed by atoms with E-state index in [1.165, 1.54) is 51.9 Å². The standard InChI is InChI=1S/C23H42O4/c1-3-4-5-6-7-8-9-10-11-12-13-14-15-16-17-18-22(25)19-23(26)20-27-21(2)24/h7-8,10-11,22-23,25-26H,3-6,9,12-20H2,1-2H3. The highest BCUT2D eigenvalue weighted by Gasteiger charge is 2.12. The van der Waals surface area contributed by atoms with E-state index in [1.807, 2.05) is 0 Å². The van der Waals surface area contributed by atoms with Crippen molar-refractivity contribution in [3.05, 3.63) is 24.3 Å². The highest BCUT2D eigenvalue weighted by molar-refractivity contribution is 5.65. The first-order valence-corrected chi connectivity index (χ1v) is 10.9. The number of hydrogen-bond donors (Lipinski definition) is 2. The largest absolute Gasteiger partial charge is 0.463 e. The van der Waals surface area contributed by atoms with Crippen LogP contribution in [0.3, 0.4) is 0 Å². The second-order valence-electron chi connectivity index (χ2n) is 7.37. The molecule has 0 aliphatic carbocycles. The van der Waals surface area contributed by atoms with Gasteiger partial charge >= 0.3 is 5.97 Å². The SMILES string of the molecule is CCCCCC=CCC=CCCCCCCCC(O)CC(O)COC(C)=O. The summed E-state index contributed by atoms with van der Waals surface area (Å²) in [7, 11) is 0. The summed E-state index contributed by atoms with van der Waals surface area (Å²) in [6.45, 7) is 3.51. The minimum Gasteiger partial charge on any atom is -0.463 e. The Hall–Kier alpha value is -1.13. The fraction of sp³-hybridized carbons (Fsp3) is 0.783. The third-order valence-corrected chi connectivity index (χ3v) is 4.51. The zero-order valence-electron chi connectivity index (χ0n) is 17.6. The fourth-order valence-electron chi connectivity index (χ4n) is 2.90. The topological polar surface area (TPSA) is 66.8 Å². The second-order valence-corrected chi connectivity index (χ2v) is 7.37. The number of aliphatic hydroxyl groups is 2. The van der Waals surface area contributed by atoms with E-state index >= 15 is 0 Å². The number of ether oxygens (including phenoxy) is 1. The average Bonchev–Trinajstić information content (AvgIpc) is 2.63. The number of hydrogen-bond acceptors (Lipinski definition) is 4. The van der Waals surface area contributed by atoms with Gasteiger partial charge in [0.1, 0.15) is 6.61 Å². The van der Waals surface area contributed by atoms with E-state index in [9.17, 15) is 15.0 Å². The zero-order valence-corrected chi connectivity index (χ0v) is 17.6. The lowest BCUT2D eigenvalue weighted by molar-refractivity contribution is -0.144. The van der Waals surface area contributed by atoms with Crippen LogP contribution in [0.1, 0.15) is 97.3 Å². The van der Waals surface area contributed by atoms with Crippen LogP contribution in [0.25, 0.3) is 0 Å². The number of aliphatic hydroxyl groups excluding tert-OH is 2. The van der Waals surface area contributed by atoms with Crippen LogP contribution in [0.5, 0.6) is 0 Å². The molecule has 0 heterocycles. The normalized spacial score (nSPS) is 14.1. The third-order valence-electron chi connectivity index (χ3n) is 4.51. The van der Waals surface area contributed by atoms with Crippen molar-refractivity contribution >= 4 is 5.97 Å². The molecule has 4 heteroatoms. The Bertz CT molecular complexity index is 390. The van der Waals surface area contributed by atoms with Crippen LogP contribution in [-0.4, -0.2) is 35.0 Å². The van der Waals surface area contributed by atoms with Crippen molar-refractivity contribution in [1.82, 2.24) is 0 Å². The molecule has 0 saturated carbocycles. The summed E-state index contributed by atoms with van der Waals surface area (Å²) < 4.78 is 4.73. The molecule has 158 valence electrons.